The van der Waals surface area contributed by atoms with E-state index in [4.69, 9.17) is 28.9 Å². The molecule has 1 amide bonds. The van der Waals surface area contributed by atoms with Crippen LogP contribution in [0.2, 0.25) is 10.0 Å². The van der Waals surface area contributed by atoms with E-state index in [0.717, 1.165) is 16.5 Å². The van der Waals surface area contributed by atoms with Gasteiger partial charge in [0.15, 0.2) is 0 Å². The van der Waals surface area contributed by atoms with E-state index >= 15 is 0 Å². The minimum Gasteiger partial charge on any atom is -0.351 e. The van der Waals surface area contributed by atoms with Crippen LogP contribution in [-0.4, -0.2) is 53.0 Å². The number of hydrogen-bond acceptors (Lipinski definition) is 6. The summed E-state index contributed by atoms with van der Waals surface area (Å²) in [6, 6.07) is 12.9. The molecule has 158 valence electrons. The summed E-state index contributed by atoms with van der Waals surface area (Å²) in [5, 5.41) is 11.7. The number of nitriles is 1. The summed E-state index contributed by atoms with van der Waals surface area (Å²) in [7, 11) is 0. The van der Waals surface area contributed by atoms with E-state index in [1.807, 2.05) is 41.3 Å². The lowest BCUT2D eigenvalue weighted by molar-refractivity contribution is -0.132. The molecule has 31 heavy (non-hydrogen) atoms. The molecule has 9 heteroatoms. The normalized spacial score (nSPS) is 16.4. The Hall–Kier alpha value is -2.92. The maximum atomic E-state index is 12.3. The summed E-state index contributed by atoms with van der Waals surface area (Å²) in [6.07, 6.45) is 1.72. The minimum atomic E-state index is -0.569. The van der Waals surface area contributed by atoms with E-state index in [1.54, 1.807) is 4.90 Å². The average molecular weight is 455 g/mol. The van der Waals surface area contributed by atoms with E-state index in [-0.39, 0.29) is 18.9 Å². The number of carbonyl (C=O) groups excluding carboxylic acids is 1. The standard InChI is InChI=1S/C22H20Cl2N6O/c23-15-3-1-14(2-4-15)17-9-18-20(10-19(17)24)27-13-28-22(18)29-7-8-30(16(11-26)12-29)21(31)5-6-25/h1-4,9-10,13,16H,5-8,12,25H2. The molecule has 2 heterocycles. The third-order valence-corrected chi connectivity index (χ3v) is 5.93. The van der Waals surface area contributed by atoms with Crippen LogP contribution >= 0.6 is 23.2 Å². The molecule has 1 aliphatic rings. The maximum Gasteiger partial charge on any atom is 0.225 e. The summed E-state index contributed by atoms with van der Waals surface area (Å²) < 4.78 is 0. The monoisotopic (exact) mass is 454 g/mol. The molecule has 4 rings (SSSR count). The fourth-order valence-corrected chi connectivity index (χ4v) is 4.21. The zero-order valence-corrected chi connectivity index (χ0v) is 18.1. The van der Waals surface area contributed by atoms with Crippen molar-refractivity contribution in [2.45, 2.75) is 12.5 Å². The summed E-state index contributed by atoms with van der Waals surface area (Å²) >= 11 is 12.6. The van der Waals surface area contributed by atoms with E-state index in [9.17, 15) is 10.1 Å². The number of carbonyl (C=O) groups is 1. The van der Waals surface area contributed by atoms with Crippen LogP contribution in [0.15, 0.2) is 42.7 Å². The topological polar surface area (TPSA) is 99.1 Å². The van der Waals surface area contributed by atoms with Gasteiger partial charge in [0, 0.05) is 42.0 Å². The number of amides is 1. The molecule has 0 aliphatic carbocycles. The molecule has 7 nitrogen and oxygen atoms in total. The minimum absolute atomic E-state index is 0.0990. The predicted molar refractivity (Wildman–Crippen MR) is 122 cm³/mol. The molecule has 1 unspecified atom stereocenters. The molecule has 0 radical (unpaired) electrons. The van der Waals surface area contributed by atoms with Crippen molar-refractivity contribution < 1.29 is 4.79 Å². The highest BCUT2D eigenvalue weighted by Gasteiger charge is 2.31. The van der Waals surface area contributed by atoms with Crippen LogP contribution < -0.4 is 10.6 Å². The Kier molecular flexibility index (Phi) is 6.23. The fraction of sp³-hybridized carbons (Fsp3) is 0.273. The van der Waals surface area contributed by atoms with Gasteiger partial charge in [-0.1, -0.05) is 35.3 Å². The fourth-order valence-electron chi connectivity index (χ4n) is 3.82. The number of piperazine rings is 1. The molecule has 2 aromatic carbocycles. The number of hydrogen-bond donors (Lipinski definition) is 1. The van der Waals surface area contributed by atoms with Crippen molar-refractivity contribution in [3.05, 3.63) is 52.8 Å². The lowest BCUT2D eigenvalue weighted by Gasteiger charge is -2.39. The number of nitrogens with two attached hydrogens (primary N) is 1. The summed E-state index contributed by atoms with van der Waals surface area (Å²) in [5.41, 5.74) is 7.99. The van der Waals surface area contributed by atoms with Crippen LogP contribution in [0.1, 0.15) is 6.42 Å². The summed E-state index contributed by atoms with van der Waals surface area (Å²) in [6.45, 7) is 1.61. The SMILES string of the molecule is N#CC1CN(c2ncnc3cc(Cl)c(-c4ccc(Cl)cc4)cc23)CCN1C(=O)CCN. The number of anilines is 1. The number of rotatable bonds is 4. The Labute approximate surface area is 190 Å². The van der Waals surface area contributed by atoms with Crippen LogP contribution in [0.4, 0.5) is 5.82 Å². The van der Waals surface area contributed by atoms with Gasteiger partial charge in [0.1, 0.15) is 18.2 Å². The predicted octanol–water partition coefficient (Wildman–Crippen LogP) is 3.49. The van der Waals surface area contributed by atoms with Crippen LogP contribution in [0.5, 0.6) is 0 Å². The van der Waals surface area contributed by atoms with Crippen molar-refractivity contribution in [3.8, 4) is 17.2 Å². The van der Waals surface area contributed by atoms with Crippen molar-refractivity contribution in [2.75, 3.05) is 31.1 Å². The molecular formula is C22H20Cl2N6O. The molecule has 1 aliphatic heterocycles. The molecule has 2 N–H and O–H groups in total. The van der Waals surface area contributed by atoms with Crippen molar-refractivity contribution in [1.29, 1.82) is 5.26 Å². The molecular weight excluding hydrogens is 435 g/mol. The van der Waals surface area contributed by atoms with Gasteiger partial charge >= 0.3 is 0 Å². The van der Waals surface area contributed by atoms with E-state index < -0.39 is 6.04 Å². The number of halogens is 2. The smallest absolute Gasteiger partial charge is 0.225 e. The van der Waals surface area contributed by atoms with Crippen molar-refractivity contribution in [2.24, 2.45) is 5.73 Å². The quantitative estimate of drug-likeness (QED) is 0.647. The van der Waals surface area contributed by atoms with Gasteiger partial charge in [-0.3, -0.25) is 4.79 Å². The first-order valence-electron chi connectivity index (χ1n) is 9.86. The molecule has 0 spiro atoms. The Morgan fingerprint density at radius 3 is 2.68 bits per heavy atom. The highest BCUT2D eigenvalue weighted by molar-refractivity contribution is 6.34. The Morgan fingerprint density at radius 1 is 1.19 bits per heavy atom. The van der Waals surface area contributed by atoms with E-state index in [2.05, 4.69) is 16.0 Å². The van der Waals surface area contributed by atoms with Gasteiger partial charge in [-0.15, -0.1) is 0 Å². The molecule has 1 atom stereocenters. The summed E-state index contributed by atoms with van der Waals surface area (Å²) in [5.74, 6) is 0.612. The Morgan fingerprint density at radius 2 is 1.97 bits per heavy atom. The van der Waals surface area contributed by atoms with Gasteiger partial charge in [-0.25, -0.2) is 9.97 Å². The van der Waals surface area contributed by atoms with Gasteiger partial charge in [0.05, 0.1) is 23.2 Å². The van der Waals surface area contributed by atoms with Gasteiger partial charge in [-0.2, -0.15) is 5.26 Å². The first-order chi connectivity index (χ1) is 15.0. The second-order valence-corrected chi connectivity index (χ2v) is 8.11. The van der Waals surface area contributed by atoms with E-state index in [1.165, 1.54) is 6.33 Å². The number of fused-ring (bicyclic) bond motifs is 1. The molecule has 1 saturated heterocycles. The largest absolute Gasteiger partial charge is 0.351 e. The highest BCUT2D eigenvalue weighted by Crippen LogP contribution is 2.35. The van der Waals surface area contributed by atoms with Crippen molar-refractivity contribution in [3.63, 3.8) is 0 Å². The first-order valence-corrected chi connectivity index (χ1v) is 10.6. The van der Waals surface area contributed by atoms with Gasteiger partial charge in [-0.05, 0) is 29.8 Å². The maximum absolute atomic E-state index is 12.3. The van der Waals surface area contributed by atoms with Crippen molar-refractivity contribution in [1.82, 2.24) is 14.9 Å². The molecule has 0 saturated carbocycles. The summed E-state index contributed by atoms with van der Waals surface area (Å²) in [4.78, 5) is 24.8. The van der Waals surface area contributed by atoms with Crippen LogP contribution in [0.3, 0.4) is 0 Å². The van der Waals surface area contributed by atoms with Crippen LogP contribution in [0.25, 0.3) is 22.0 Å². The zero-order chi connectivity index (χ0) is 22.0. The lowest BCUT2D eigenvalue weighted by Crippen LogP contribution is -2.55. The van der Waals surface area contributed by atoms with E-state index in [0.29, 0.717) is 41.0 Å². The molecule has 0 bridgehead atoms. The Bertz CT molecular complexity index is 1160. The first kappa shape index (κ1) is 21.3. The van der Waals surface area contributed by atoms with Gasteiger partial charge in [0.25, 0.3) is 0 Å². The average Bonchev–Trinajstić information content (AvgIpc) is 2.78. The molecule has 1 aromatic heterocycles. The second-order valence-electron chi connectivity index (χ2n) is 7.27. The molecule has 3 aromatic rings. The number of aromatic nitrogens is 2. The Balaban J connectivity index is 1.71. The lowest BCUT2D eigenvalue weighted by atomic mass is 10.0. The van der Waals surface area contributed by atoms with Gasteiger partial charge < -0.3 is 15.5 Å². The third kappa shape index (κ3) is 4.28. The van der Waals surface area contributed by atoms with Crippen LogP contribution in [-0.2, 0) is 4.79 Å². The van der Waals surface area contributed by atoms with Gasteiger partial charge in [0.2, 0.25) is 5.91 Å². The second kappa shape index (κ2) is 9.06. The highest BCUT2D eigenvalue weighted by atomic mass is 35.5. The zero-order valence-electron chi connectivity index (χ0n) is 16.6. The third-order valence-electron chi connectivity index (χ3n) is 5.37. The molecule has 1 fully saturated rings. The number of benzene rings is 2. The number of nitrogens with zero attached hydrogens (tertiary/aromatic N) is 5. The van der Waals surface area contributed by atoms with Crippen molar-refractivity contribution >= 4 is 45.8 Å². The van der Waals surface area contributed by atoms with Crippen LogP contribution in [0, 0.1) is 11.3 Å².